The van der Waals surface area contributed by atoms with Gasteiger partial charge in [-0.15, -0.1) is 0 Å². The van der Waals surface area contributed by atoms with Crippen LogP contribution in [0, 0.1) is 12.7 Å². The van der Waals surface area contributed by atoms with Crippen LogP contribution in [0.3, 0.4) is 0 Å². The lowest BCUT2D eigenvalue weighted by atomic mass is 10.0. The molecule has 2 rings (SSSR count). The molecule has 0 aliphatic rings. The Balaban J connectivity index is 2.29. The second kappa shape index (κ2) is 6.27. The second-order valence-electron chi connectivity index (χ2n) is 5.07. The average Bonchev–Trinajstić information content (AvgIpc) is 2.45. The smallest absolute Gasteiger partial charge is 0.254 e. The van der Waals surface area contributed by atoms with E-state index in [2.05, 4.69) is 0 Å². The van der Waals surface area contributed by atoms with E-state index in [0.717, 1.165) is 5.56 Å². The highest BCUT2D eigenvalue weighted by Crippen LogP contribution is 2.27. The van der Waals surface area contributed by atoms with Gasteiger partial charge in [-0.3, -0.25) is 4.79 Å². The zero-order chi connectivity index (χ0) is 15.6. The van der Waals surface area contributed by atoms with Crippen molar-refractivity contribution in [3.63, 3.8) is 0 Å². The van der Waals surface area contributed by atoms with E-state index in [0.29, 0.717) is 16.1 Å². The van der Waals surface area contributed by atoms with Gasteiger partial charge in [0.1, 0.15) is 5.82 Å². The van der Waals surface area contributed by atoms with Gasteiger partial charge in [-0.05, 0) is 49.2 Å². The topological polar surface area (TPSA) is 20.3 Å². The molecule has 1 atom stereocenters. The summed E-state index contributed by atoms with van der Waals surface area (Å²) in [7, 11) is 1.72. The highest BCUT2D eigenvalue weighted by molar-refractivity contribution is 6.31. The van der Waals surface area contributed by atoms with Gasteiger partial charge in [0.25, 0.3) is 5.91 Å². The molecule has 0 N–H and O–H groups in total. The molecule has 0 heterocycles. The molecular formula is C17H17ClFNO. The Labute approximate surface area is 129 Å². The Morgan fingerprint density at radius 1 is 1.24 bits per heavy atom. The molecule has 0 aromatic heterocycles. The number of benzene rings is 2. The fourth-order valence-corrected chi connectivity index (χ4v) is 2.55. The molecule has 0 fully saturated rings. The van der Waals surface area contributed by atoms with Crippen LogP contribution in [0.2, 0.25) is 5.02 Å². The molecule has 2 aromatic rings. The van der Waals surface area contributed by atoms with E-state index in [1.54, 1.807) is 24.9 Å². The Morgan fingerprint density at radius 3 is 2.52 bits per heavy atom. The standard InChI is InChI=1S/C17H17ClFNO/c1-11-10-13(19)8-9-14(11)17(21)20(3)12(2)15-6-4-5-7-16(15)18/h4-10,12H,1-3H3. The highest BCUT2D eigenvalue weighted by Gasteiger charge is 2.21. The first-order valence-corrected chi connectivity index (χ1v) is 7.07. The van der Waals surface area contributed by atoms with Crippen molar-refractivity contribution in [1.29, 1.82) is 0 Å². The number of carbonyl (C=O) groups excluding carboxylic acids is 1. The van der Waals surface area contributed by atoms with Gasteiger partial charge in [0.05, 0.1) is 6.04 Å². The third kappa shape index (κ3) is 3.24. The lowest BCUT2D eigenvalue weighted by Gasteiger charge is -2.26. The van der Waals surface area contributed by atoms with E-state index in [4.69, 9.17) is 11.6 Å². The number of hydrogen-bond donors (Lipinski definition) is 0. The summed E-state index contributed by atoms with van der Waals surface area (Å²) in [5.74, 6) is -0.495. The van der Waals surface area contributed by atoms with Crippen LogP contribution >= 0.6 is 11.6 Å². The van der Waals surface area contributed by atoms with Crippen molar-refractivity contribution < 1.29 is 9.18 Å². The number of aryl methyl sites for hydroxylation is 1. The summed E-state index contributed by atoms with van der Waals surface area (Å²) in [4.78, 5) is 14.2. The van der Waals surface area contributed by atoms with E-state index in [1.165, 1.54) is 18.2 Å². The van der Waals surface area contributed by atoms with Gasteiger partial charge in [0.2, 0.25) is 0 Å². The van der Waals surface area contributed by atoms with Crippen LogP contribution in [0.5, 0.6) is 0 Å². The van der Waals surface area contributed by atoms with Crippen LogP contribution in [0.1, 0.15) is 34.5 Å². The highest BCUT2D eigenvalue weighted by atomic mass is 35.5. The molecule has 0 aliphatic carbocycles. The summed E-state index contributed by atoms with van der Waals surface area (Å²) in [5, 5.41) is 0.625. The number of carbonyl (C=O) groups is 1. The second-order valence-corrected chi connectivity index (χ2v) is 5.48. The van der Waals surface area contributed by atoms with E-state index in [1.807, 2.05) is 25.1 Å². The summed E-state index contributed by atoms with van der Waals surface area (Å²) in [6, 6.07) is 11.4. The molecule has 4 heteroatoms. The van der Waals surface area contributed by atoms with Gasteiger partial charge in [-0.25, -0.2) is 4.39 Å². The lowest BCUT2D eigenvalue weighted by molar-refractivity contribution is 0.0742. The first-order chi connectivity index (χ1) is 9.91. The van der Waals surface area contributed by atoms with E-state index in [9.17, 15) is 9.18 Å². The average molecular weight is 306 g/mol. The summed E-state index contributed by atoms with van der Waals surface area (Å²) in [6.45, 7) is 3.64. The Kier molecular flexibility index (Phi) is 4.63. The van der Waals surface area contributed by atoms with E-state index < -0.39 is 0 Å². The maximum atomic E-state index is 13.1. The largest absolute Gasteiger partial charge is 0.335 e. The molecule has 2 aromatic carbocycles. The fourth-order valence-electron chi connectivity index (χ4n) is 2.26. The summed E-state index contributed by atoms with van der Waals surface area (Å²) in [6.07, 6.45) is 0. The van der Waals surface area contributed by atoms with E-state index >= 15 is 0 Å². The minimum Gasteiger partial charge on any atom is -0.335 e. The zero-order valence-corrected chi connectivity index (χ0v) is 13.0. The van der Waals surface area contributed by atoms with Crippen LogP contribution in [0.25, 0.3) is 0 Å². The lowest BCUT2D eigenvalue weighted by Crippen LogP contribution is -2.30. The van der Waals surface area contributed by atoms with Crippen molar-refractivity contribution in [3.05, 3.63) is 70.0 Å². The van der Waals surface area contributed by atoms with Crippen molar-refractivity contribution >= 4 is 17.5 Å². The molecule has 21 heavy (non-hydrogen) atoms. The molecule has 110 valence electrons. The molecule has 0 aliphatic heterocycles. The molecule has 2 nitrogen and oxygen atoms in total. The van der Waals surface area contributed by atoms with Crippen LogP contribution in [-0.4, -0.2) is 17.9 Å². The molecule has 1 amide bonds. The summed E-state index contributed by atoms with van der Waals surface area (Å²) >= 11 is 6.18. The van der Waals surface area contributed by atoms with Crippen molar-refractivity contribution in [2.75, 3.05) is 7.05 Å². The van der Waals surface area contributed by atoms with Crippen molar-refractivity contribution in [2.45, 2.75) is 19.9 Å². The molecule has 0 bridgehead atoms. The van der Waals surface area contributed by atoms with Gasteiger partial charge in [-0.2, -0.15) is 0 Å². The number of hydrogen-bond acceptors (Lipinski definition) is 1. The maximum Gasteiger partial charge on any atom is 0.254 e. The quantitative estimate of drug-likeness (QED) is 0.810. The zero-order valence-electron chi connectivity index (χ0n) is 12.2. The molecule has 0 spiro atoms. The van der Waals surface area contributed by atoms with Crippen LogP contribution < -0.4 is 0 Å². The molecule has 0 radical (unpaired) electrons. The van der Waals surface area contributed by atoms with Crippen molar-refractivity contribution in [2.24, 2.45) is 0 Å². The summed E-state index contributed by atoms with van der Waals surface area (Å²) < 4.78 is 13.1. The van der Waals surface area contributed by atoms with Gasteiger partial charge >= 0.3 is 0 Å². The predicted molar refractivity (Wildman–Crippen MR) is 83.1 cm³/mol. The predicted octanol–water partition coefficient (Wildman–Crippen LogP) is 4.62. The third-order valence-electron chi connectivity index (χ3n) is 3.68. The van der Waals surface area contributed by atoms with Crippen LogP contribution in [0.15, 0.2) is 42.5 Å². The number of amides is 1. The SMILES string of the molecule is Cc1cc(F)ccc1C(=O)N(C)C(C)c1ccccc1Cl. The third-order valence-corrected chi connectivity index (χ3v) is 4.02. The van der Waals surface area contributed by atoms with Crippen LogP contribution in [0.4, 0.5) is 4.39 Å². The van der Waals surface area contributed by atoms with Gasteiger partial charge in [-0.1, -0.05) is 29.8 Å². The first kappa shape index (κ1) is 15.5. The number of halogens is 2. The maximum absolute atomic E-state index is 13.1. The Bertz CT molecular complexity index is 672. The summed E-state index contributed by atoms with van der Waals surface area (Å²) in [5.41, 5.74) is 2.01. The van der Waals surface area contributed by atoms with Crippen molar-refractivity contribution in [3.8, 4) is 0 Å². The van der Waals surface area contributed by atoms with Crippen molar-refractivity contribution in [1.82, 2.24) is 4.90 Å². The normalized spacial score (nSPS) is 12.0. The first-order valence-electron chi connectivity index (χ1n) is 6.69. The minimum atomic E-state index is -0.342. The van der Waals surface area contributed by atoms with Gasteiger partial charge in [0, 0.05) is 17.6 Å². The monoisotopic (exact) mass is 305 g/mol. The molecule has 1 unspecified atom stereocenters. The molecular weight excluding hydrogens is 289 g/mol. The Hall–Kier alpha value is -1.87. The minimum absolute atomic E-state index is 0.153. The van der Waals surface area contributed by atoms with Gasteiger partial charge in [0.15, 0.2) is 0 Å². The van der Waals surface area contributed by atoms with E-state index in [-0.39, 0.29) is 17.8 Å². The molecule has 0 saturated heterocycles. The number of nitrogens with zero attached hydrogens (tertiary/aromatic N) is 1. The van der Waals surface area contributed by atoms with Crippen LogP contribution in [-0.2, 0) is 0 Å². The Morgan fingerprint density at radius 2 is 1.90 bits per heavy atom. The number of rotatable bonds is 3. The molecule has 0 saturated carbocycles. The fraction of sp³-hybridized carbons (Fsp3) is 0.235. The van der Waals surface area contributed by atoms with Gasteiger partial charge < -0.3 is 4.90 Å².